The Balaban J connectivity index is 1.40. The van der Waals surface area contributed by atoms with Crippen LogP contribution in [0.1, 0.15) is 49.4 Å². The first-order chi connectivity index (χ1) is 25.1. The van der Waals surface area contributed by atoms with Crippen molar-refractivity contribution in [1.29, 1.82) is 0 Å². The maximum Gasteiger partial charge on any atom is 0.475 e. The molecule has 2 fully saturated rings. The van der Waals surface area contributed by atoms with Gasteiger partial charge in [0.05, 0.1) is 32.0 Å². The van der Waals surface area contributed by atoms with Crippen LogP contribution in [0.2, 0.25) is 0 Å². The predicted octanol–water partition coefficient (Wildman–Crippen LogP) is -2.38. The number of ketones is 1. The van der Waals surface area contributed by atoms with Gasteiger partial charge in [0.25, 0.3) is 5.91 Å². The topological polar surface area (TPSA) is 270 Å². The lowest BCUT2D eigenvalue weighted by Gasteiger charge is -2.30. The van der Waals surface area contributed by atoms with E-state index in [-0.39, 0.29) is 83.2 Å². The summed E-state index contributed by atoms with van der Waals surface area (Å²) < 4.78 is 0. The highest BCUT2D eigenvalue weighted by molar-refractivity contribution is 6.43. The number of carbonyl (C=O) groups is 7. The Bertz CT molecular complexity index is 1420. The second kappa shape index (κ2) is 21.2. The lowest BCUT2D eigenvalue weighted by molar-refractivity contribution is -0.146. The number of hydrogen-bond acceptors (Lipinski definition) is 13. The molecular weight excluding hydrogens is 697 g/mol. The number of carboxylic acids is 3. The SMILES string of the molecule is C[C@@H](NC(=O)c1ccc(NCC(=O)CCCNC(=O)CC(C(=O)O)N2CCN(CC(=O)O)CCN(CC(=O)O)CC2)cc1)C(=O)N1CCC[C@H]1B(O)O. The summed E-state index contributed by atoms with van der Waals surface area (Å²) in [6.07, 6.45) is 1.13. The molecule has 3 amide bonds. The monoisotopic (exact) mass is 747 g/mol. The van der Waals surface area contributed by atoms with Gasteiger partial charge in [0.2, 0.25) is 11.8 Å². The lowest BCUT2D eigenvalue weighted by atomic mass is 9.78. The first-order valence-corrected chi connectivity index (χ1v) is 17.6. The van der Waals surface area contributed by atoms with Gasteiger partial charge in [0.1, 0.15) is 12.1 Å². The zero-order chi connectivity index (χ0) is 39.1. The highest BCUT2D eigenvalue weighted by atomic mass is 16.4. The quantitative estimate of drug-likeness (QED) is 0.0542. The lowest BCUT2D eigenvalue weighted by Crippen LogP contribution is -2.52. The van der Waals surface area contributed by atoms with Crippen molar-refractivity contribution in [3.8, 4) is 0 Å². The smallest absolute Gasteiger partial charge is 0.475 e. The van der Waals surface area contributed by atoms with Crippen molar-refractivity contribution >= 4 is 54.2 Å². The summed E-state index contributed by atoms with van der Waals surface area (Å²) in [6, 6.07) is 4.15. The molecule has 8 N–H and O–H groups in total. The number of nitrogens with zero attached hydrogens (tertiary/aromatic N) is 4. The van der Waals surface area contributed by atoms with Crippen molar-refractivity contribution < 1.29 is 58.9 Å². The average molecular weight is 748 g/mol. The number of aliphatic carboxylic acids is 3. The summed E-state index contributed by atoms with van der Waals surface area (Å²) in [7, 11) is -1.66. The molecule has 3 atom stereocenters. The molecule has 2 saturated heterocycles. The first-order valence-electron chi connectivity index (χ1n) is 17.6. The number of hydrogen-bond donors (Lipinski definition) is 8. The van der Waals surface area contributed by atoms with Crippen molar-refractivity contribution in [2.45, 2.75) is 57.1 Å². The van der Waals surface area contributed by atoms with Crippen LogP contribution in [0.15, 0.2) is 24.3 Å². The summed E-state index contributed by atoms with van der Waals surface area (Å²) in [5, 5.41) is 55.7. The van der Waals surface area contributed by atoms with Crippen LogP contribution in [0.5, 0.6) is 0 Å². The van der Waals surface area contributed by atoms with E-state index in [1.807, 2.05) is 0 Å². The largest absolute Gasteiger partial charge is 0.480 e. The molecule has 0 aliphatic carbocycles. The van der Waals surface area contributed by atoms with Crippen LogP contribution in [0.25, 0.3) is 0 Å². The molecule has 1 aromatic rings. The zero-order valence-corrected chi connectivity index (χ0v) is 29.8. The van der Waals surface area contributed by atoms with Crippen LogP contribution in [0.4, 0.5) is 5.69 Å². The van der Waals surface area contributed by atoms with Crippen LogP contribution in [-0.4, -0.2) is 184 Å². The molecule has 0 saturated carbocycles. The number of nitrogens with one attached hydrogen (secondary N) is 3. The normalized spacial score (nSPS) is 18.5. The van der Waals surface area contributed by atoms with Crippen LogP contribution < -0.4 is 16.0 Å². The Labute approximate surface area is 307 Å². The molecule has 2 heterocycles. The number of amides is 3. The summed E-state index contributed by atoms with van der Waals surface area (Å²) in [5.41, 5.74) is 0.852. The van der Waals surface area contributed by atoms with Gasteiger partial charge in [-0.2, -0.15) is 0 Å². The number of likely N-dealkylation sites (tertiary alicyclic amines) is 1. The summed E-state index contributed by atoms with van der Waals surface area (Å²) in [6.45, 7) is 2.74. The van der Waals surface area contributed by atoms with Crippen LogP contribution in [0, 0.1) is 0 Å². The first kappa shape index (κ1) is 42.8. The standard InChI is InChI=1S/C33H50BN7O12/c1-22(32(49)41-11-3-5-27(41)34(52)53)37-31(48)23-6-8-24(9-7-23)36-19-25(42)4-2-10-35-28(43)18-26(33(50)51)40-16-14-38(20-29(44)45)12-13-39(15-17-40)21-30(46)47/h6-9,22,26-27,36,52-53H,2-5,10-21H2,1H3,(H,35,43)(H,37,48)(H,44,45)(H,46,47)(H,50,51)/t22-,26?,27+/m1/s1. The number of benzene rings is 1. The average Bonchev–Trinajstić information content (AvgIpc) is 3.62. The molecule has 53 heavy (non-hydrogen) atoms. The molecule has 20 heteroatoms. The molecule has 0 bridgehead atoms. The molecule has 3 rings (SSSR count). The summed E-state index contributed by atoms with van der Waals surface area (Å²) >= 11 is 0. The number of rotatable bonds is 19. The third kappa shape index (κ3) is 14.4. The summed E-state index contributed by atoms with van der Waals surface area (Å²) in [5.74, 6) is -5.69. The molecule has 1 unspecified atom stereocenters. The fourth-order valence-electron chi connectivity index (χ4n) is 6.30. The maximum atomic E-state index is 12.8. The van der Waals surface area contributed by atoms with Gasteiger partial charge in [-0.15, -0.1) is 0 Å². The van der Waals surface area contributed by atoms with E-state index in [9.17, 15) is 58.9 Å². The molecule has 1 aromatic carbocycles. The third-order valence-corrected chi connectivity index (χ3v) is 9.20. The Kier molecular flexibility index (Phi) is 17.1. The van der Waals surface area contributed by atoms with E-state index < -0.39 is 67.2 Å². The Morgan fingerprint density at radius 1 is 0.849 bits per heavy atom. The van der Waals surface area contributed by atoms with Gasteiger partial charge >= 0.3 is 25.0 Å². The highest BCUT2D eigenvalue weighted by Crippen LogP contribution is 2.19. The molecule has 0 aromatic heterocycles. The minimum atomic E-state index is -1.66. The van der Waals surface area contributed by atoms with Gasteiger partial charge in [-0.05, 0) is 50.5 Å². The van der Waals surface area contributed by atoms with E-state index in [0.717, 1.165) is 0 Å². The molecule has 0 radical (unpaired) electrons. The van der Waals surface area contributed by atoms with Gasteiger partial charge in [0, 0.05) is 70.0 Å². The van der Waals surface area contributed by atoms with E-state index in [4.69, 9.17) is 0 Å². The fourth-order valence-corrected chi connectivity index (χ4v) is 6.30. The Morgan fingerprint density at radius 3 is 1.98 bits per heavy atom. The fraction of sp³-hybridized carbons (Fsp3) is 0.606. The van der Waals surface area contributed by atoms with Gasteiger partial charge in [-0.3, -0.25) is 48.3 Å². The van der Waals surface area contributed by atoms with Gasteiger partial charge in [-0.1, -0.05) is 0 Å². The zero-order valence-electron chi connectivity index (χ0n) is 29.8. The number of carbonyl (C=O) groups excluding carboxylic acids is 4. The van der Waals surface area contributed by atoms with Crippen molar-refractivity contribution in [2.75, 3.05) is 77.3 Å². The van der Waals surface area contributed by atoms with Crippen LogP contribution >= 0.6 is 0 Å². The minimum Gasteiger partial charge on any atom is -0.480 e. The Morgan fingerprint density at radius 2 is 1.43 bits per heavy atom. The van der Waals surface area contributed by atoms with Gasteiger partial charge in [0.15, 0.2) is 5.78 Å². The second-order valence-corrected chi connectivity index (χ2v) is 13.2. The molecule has 2 aliphatic heterocycles. The maximum absolute atomic E-state index is 12.8. The van der Waals surface area contributed by atoms with E-state index in [1.54, 1.807) is 26.8 Å². The molecule has 2 aliphatic rings. The summed E-state index contributed by atoms with van der Waals surface area (Å²) in [4.78, 5) is 91.6. The highest BCUT2D eigenvalue weighted by Gasteiger charge is 2.38. The predicted molar refractivity (Wildman–Crippen MR) is 190 cm³/mol. The second-order valence-electron chi connectivity index (χ2n) is 13.2. The van der Waals surface area contributed by atoms with Crippen molar-refractivity contribution in [3.05, 3.63) is 29.8 Å². The number of carboxylic acid groups (broad SMARTS) is 3. The van der Waals surface area contributed by atoms with E-state index >= 15 is 0 Å². The molecule has 0 spiro atoms. The molecule has 19 nitrogen and oxygen atoms in total. The van der Waals surface area contributed by atoms with Gasteiger partial charge < -0.3 is 46.2 Å². The van der Waals surface area contributed by atoms with Crippen molar-refractivity contribution in [1.82, 2.24) is 30.2 Å². The van der Waals surface area contributed by atoms with Crippen LogP contribution in [-0.2, 0) is 28.8 Å². The number of anilines is 1. The number of Topliss-reactive ketones (excluding diaryl/α,β-unsaturated/α-hetero) is 1. The third-order valence-electron chi connectivity index (χ3n) is 9.20. The van der Waals surface area contributed by atoms with E-state index in [2.05, 4.69) is 16.0 Å². The van der Waals surface area contributed by atoms with E-state index in [1.165, 1.54) is 24.0 Å². The minimum absolute atomic E-state index is 0.0213. The van der Waals surface area contributed by atoms with Crippen LogP contribution in [0.3, 0.4) is 0 Å². The van der Waals surface area contributed by atoms with Gasteiger partial charge in [-0.25, -0.2) is 0 Å². The van der Waals surface area contributed by atoms with E-state index in [0.29, 0.717) is 31.5 Å². The van der Waals surface area contributed by atoms with Crippen molar-refractivity contribution in [2.24, 2.45) is 0 Å². The molecular formula is C33H50BN7O12. The molecule has 292 valence electrons. The Hall–Kier alpha value is -4.63. The van der Waals surface area contributed by atoms with Crippen molar-refractivity contribution in [3.63, 3.8) is 0 Å².